The van der Waals surface area contributed by atoms with E-state index >= 15 is 0 Å². The van der Waals surface area contributed by atoms with E-state index in [2.05, 4.69) is 35.7 Å². The van der Waals surface area contributed by atoms with Gasteiger partial charge in [-0.15, -0.1) is 0 Å². The van der Waals surface area contributed by atoms with Crippen molar-refractivity contribution in [3.05, 3.63) is 48.0 Å². The second-order valence-corrected chi connectivity index (χ2v) is 9.50. The van der Waals surface area contributed by atoms with Gasteiger partial charge >= 0.3 is 0 Å². The second-order valence-electron chi connectivity index (χ2n) is 7.82. The molecule has 1 heterocycles. The lowest BCUT2D eigenvalue weighted by Crippen LogP contribution is -2.38. The molecule has 2 aromatic rings. The van der Waals surface area contributed by atoms with E-state index in [9.17, 15) is 13.2 Å². The van der Waals surface area contributed by atoms with Gasteiger partial charge in [0.1, 0.15) is 0 Å². The molecule has 2 aromatic carbocycles. The number of rotatable bonds is 9. The molecule has 1 amide bonds. The zero-order chi connectivity index (χ0) is 23.1. The number of hydrogen-bond acceptors (Lipinski definition) is 6. The molecule has 0 spiro atoms. The molecule has 2 N–H and O–H groups in total. The minimum Gasteiger partial charge on any atom is -0.490 e. The number of nitrogens with one attached hydrogen (secondary N) is 2. The molecule has 1 aliphatic heterocycles. The smallest absolute Gasteiger partial charge is 0.262 e. The van der Waals surface area contributed by atoms with Gasteiger partial charge in [-0.25, -0.2) is 8.42 Å². The number of nitrogens with zero attached hydrogens (tertiary/aromatic N) is 1. The largest absolute Gasteiger partial charge is 0.490 e. The van der Waals surface area contributed by atoms with Crippen LogP contribution in [0.2, 0.25) is 0 Å². The fourth-order valence-electron chi connectivity index (χ4n) is 3.41. The molecule has 32 heavy (non-hydrogen) atoms. The van der Waals surface area contributed by atoms with Crippen LogP contribution in [0, 0.1) is 0 Å². The van der Waals surface area contributed by atoms with Gasteiger partial charge in [0.15, 0.2) is 11.5 Å². The summed E-state index contributed by atoms with van der Waals surface area (Å²) in [4.78, 5) is 14.7. The van der Waals surface area contributed by atoms with Crippen molar-refractivity contribution in [2.75, 3.05) is 37.6 Å². The molecule has 3 rings (SSSR count). The average Bonchev–Trinajstić information content (AvgIpc) is 3.01. The summed E-state index contributed by atoms with van der Waals surface area (Å²) in [6.07, 6.45) is 0.740. The molecular formula is C23H31N3O5S. The predicted octanol–water partition coefficient (Wildman–Crippen LogP) is 3.11. The molecule has 9 heteroatoms. The molecule has 0 aliphatic carbocycles. The van der Waals surface area contributed by atoms with Crippen LogP contribution in [0.15, 0.2) is 47.4 Å². The van der Waals surface area contributed by atoms with E-state index in [0.717, 1.165) is 19.5 Å². The maximum Gasteiger partial charge on any atom is 0.262 e. The van der Waals surface area contributed by atoms with Crippen LogP contribution >= 0.6 is 0 Å². The number of sulfonamides is 1. The van der Waals surface area contributed by atoms with Crippen LogP contribution in [0.5, 0.6) is 11.5 Å². The Morgan fingerprint density at radius 1 is 1.06 bits per heavy atom. The van der Waals surface area contributed by atoms with Crippen molar-refractivity contribution >= 4 is 21.6 Å². The van der Waals surface area contributed by atoms with Gasteiger partial charge in [-0.1, -0.05) is 6.92 Å². The molecular weight excluding hydrogens is 430 g/mol. The van der Waals surface area contributed by atoms with Gasteiger partial charge in [-0.05, 0) is 56.8 Å². The Balaban J connectivity index is 1.61. The monoisotopic (exact) mass is 461 g/mol. The molecule has 0 bridgehead atoms. The summed E-state index contributed by atoms with van der Waals surface area (Å²) in [6, 6.07) is 11.3. The summed E-state index contributed by atoms with van der Waals surface area (Å²) >= 11 is 0. The minimum atomic E-state index is -3.82. The van der Waals surface area contributed by atoms with Crippen molar-refractivity contribution in [1.82, 2.24) is 10.2 Å². The molecule has 0 radical (unpaired) electrons. The molecule has 0 fully saturated rings. The maximum atomic E-state index is 12.8. The van der Waals surface area contributed by atoms with Crippen molar-refractivity contribution < 1.29 is 22.7 Å². The van der Waals surface area contributed by atoms with Crippen LogP contribution in [0.1, 0.15) is 37.6 Å². The van der Waals surface area contributed by atoms with Gasteiger partial charge in [0.05, 0.1) is 18.1 Å². The van der Waals surface area contributed by atoms with E-state index in [1.54, 1.807) is 30.3 Å². The molecule has 174 valence electrons. The number of carbonyl (C=O) groups is 1. The van der Waals surface area contributed by atoms with E-state index in [1.165, 1.54) is 12.1 Å². The number of fused-ring (bicyclic) bond motifs is 1. The number of benzene rings is 2. The topological polar surface area (TPSA) is 97.0 Å². The summed E-state index contributed by atoms with van der Waals surface area (Å²) in [5.74, 6) is 0.755. The number of hydrogen-bond donors (Lipinski definition) is 2. The molecule has 8 nitrogen and oxygen atoms in total. The molecule has 0 aromatic heterocycles. The molecule has 0 atom stereocenters. The number of anilines is 1. The van der Waals surface area contributed by atoms with Crippen LogP contribution in [-0.2, 0) is 10.0 Å². The van der Waals surface area contributed by atoms with Crippen LogP contribution in [0.25, 0.3) is 0 Å². The summed E-state index contributed by atoms with van der Waals surface area (Å²) < 4.78 is 39.2. The van der Waals surface area contributed by atoms with Crippen molar-refractivity contribution in [2.45, 2.75) is 38.1 Å². The highest BCUT2D eigenvalue weighted by atomic mass is 32.2. The normalized spacial score (nSPS) is 13.7. The van der Waals surface area contributed by atoms with Gasteiger partial charge in [-0.3, -0.25) is 14.4 Å². The van der Waals surface area contributed by atoms with Crippen LogP contribution in [-0.4, -0.2) is 58.1 Å². The third-order valence-corrected chi connectivity index (χ3v) is 6.63. The molecule has 0 unspecified atom stereocenters. The van der Waals surface area contributed by atoms with Crippen molar-refractivity contribution in [2.24, 2.45) is 0 Å². The molecule has 0 saturated heterocycles. The van der Waals surface area contributed by atoms with Crippen LogP contribution in [0.4, 0.5) is 5.69 Å². The van der Waals surface area contributed by atoms with E-state index in [1.807, 2.05) is 0 Å². The number of amides is 1. The third-order valence-electron chi connectivity index (χ3n) is 5.25. The lowest BCUT2D eigenvalue weighted by atomic mass is 10.2. The highest BCUT2D eigenvalue weighted by Gasteiger charge is 2.19. The van der Waals surface area contributed by atoms with E-state index in [-0.39, 0.29) is 10.8 Å². The Labute approximate surface area is 190 Å². The summed E-state index contributed by atoms with van der Waals surface area (Å²) in [5.41, 5.74) is 0.835. The Morgan fingerprint density at radius 3 is 2.41 bits per heavy atom. The minimum absolute atomic E-state index is 0.0780. The van der Waals surface area contributed by atoms with Crippen LogP contribution in [0.3, 0.4) is 0 Å². The predicted molar refractivity (Wildman–Crippen MR) is 124 cm³/mol. The Hall–Kier alpha value is -2.78. The van der Waals surface area contributed by atoms with E-state index in [0.29, 0.717) is 48.6 Å². The Kier molecular flexibility index (Phi) is 7.98. The summed E-state index contributed by atoms with van der Waals surface area (Å²) in [6.45, 7) is 9.58. The fourth-order valence-corrected chi connectivity index (χ4v) is 4.48. The maximum absolute atomic E-state index is 12.8. The average molecular weight is 462 g/mol. The third kappa shape index (κ3) is 6.14. The molecule has 0 saturated carbocycles. The first kappa shape index (κ1) is 23.9. The van der Waals surface area contributed by atoms with Gasteiger partial charge < -0.3 is 14.8 Å². The Morgan fingerprint density at radius 2 is 1.75 bits per heavy atom. The fraction of sp³-hybridized carbons (Fsp3) is 0.435. The zero-order valence-corrected chi connectivity index (χ0v) is 19.6. The van der Waals surface area contributed by atoms with Gasteiger partial charge in [-0.2, -0.15) is 0 Å². The number of likely N-dealkylation sites (N-methyl/N-ethyl adjacent to an activating group) is 1. The van der Waals surface area contributed by atoms with Gasteiger partial charge in [0, 0.05) is 42.9 Å². The highest BCUT2D eigenvalue weighted by Crippen LogP contribution is 2.32. The second kappa shape index (κ2) is 10.7. The van der Waals surface area contributed by atoms with Gasteiger partial charge in [0.2, 0.25) is 0 Å². The van der Waals surface area contributed by atoms with Crippen LogP contribution < -0.4 is 19.5 Å². The van der Waals surface area contributed by atoms with Gasteiger partial charge in [0.25, 0.3) is 15.9 Å². The van der Waals surface area contributed by atoms with Crippen molar-refractivity contribution in [3.8, 4) is 11.5 Å². The first-order valence-electron chi connectivity index (χ1n) is 10.8. The lowest BCUT2D eigenvalue weighted by Gasteiger charge is -2.24. The summed E-state index contributed by atoms with van der Waals surface area (Å²) in [5, 5.41) is 2.90. The first-order valence-corrected chi connectivity index (χ1v) is 12.3. The SMILES string of the molecule is CCN(CCNC(=O)c1ccc(NS(=O)(=O)c2ccc3c(c2)OCCCO3)cc1)C(C)C. The number of carbonyl (C=O) groups excluding carboxylic acids is 1. The molecule has 1 aliphatic rings. The number of ether oxygens (including phenoxy) is 2. The first-order chi connectivity index (χ1) is 15.3. The quantitative estimate of drug-likeness (QED) is 0.596. The highest BCUT2D eigenvalue weighted by molar-refractivity contribution is 7.92. The van der Waals surface area contributed by atoms with E-state index in [4.69, 9.17) is 9.47 Å². The van der Waals surface area contributed by atoms with E-state index < -0.39 is 10.0 Å². The van der Waals surface area contributed by atoms with Crippen molar-refractivity contribution in [3.63, 3.8) is 0 Å². The standard InChI is InChI=1S/C23H31N3O5S/c1-4-26(17(2)3)13-12-24-23(27)18-6-8-19(9-7-18)25-32(28,29)20-10-11-21-22(16-20)31-15-5-14-30-21/h6-11,16-17,25H,4-5,12-15H2,1-3H3,(H,24,27). The Bertz CT molecular complexity index is 1020. The summed E-state index contributed by atoms with van der Waals surface area (Å²) in [7, 11) is -3.82. The van der Waals surface area contributed by atoms with Crippen molar-refractivity contribution in [1.29, 1.82) is 0 Å². The zero-order valence-electron chi connectivity index (χ0n) is 18.8. The lowest BCUT2D eigenvalue weighted by molar-refractivity contribution is 0.0946.